The molecule has 0 aliphatic rings. The van der Waals surface area contributed by atoms with Gasteiger partial charge in [-0.2, -0.15) is 0 Å². The summed E-state index contributed by atoms with van der Waals surface area (Å²) in [6, 6.07) is 14.1. The molecule has 1 aromatic heterocycles. The van der Waals surface area contributed by atoms with E-state index in [1.807, 2.05) is 30.3 Å². The van der Waals surface area contributed by atoms with Crippen LogP contribution in [0.15, 0.2) is 42.5 Å². The van der Waals surface area contributed by atoms with Crippen molar-refractivity contribution in [3.05, 3.63) is 53.1 Å². The molecular weight excluding hydrogens is 250 g/mol. The SMILES string of the molecule is Cc1ccccc1-c1nc2ccc(Cl)cc2s1. The summed E-state index contributed by atoms with van der Waals surface area (Å²) in [7, 11) is 0. The summed E-state index contributed by atoms with van der Waals surface area (Å²) in [4.78, 5) is 4.64. The molecular formula is C14H10ClNS. The van der Waals surface area contributed by atoms with Crippen molar-refractivity contribution in [2.75, 3.05) is 0 Å². The average molecular weight is 260 g/mol. The molecule has 84 valence electrons. The van der Waals surface area contributed by atoms with Crippen molar-refractivity contribution in [3.63, 3.8) is 0 Å². The lowest BCUT2D eigenvalue weighted by atomic mass is 10.1. The Hall–Kier alpha value is -1.38. The maximum Gasteiger partial charge on any atom is 0.124 e. The zero-order valence-electron chi connectivity index (χ0n) is 9.27. The highest BCUT2D eigenvalue weighted by atomic mass is 35.5. The molecule has 3 rings (SSSR count). The molecule has 0 N–H and O–H groups in total. The van der Waals surface area contributed by atoms with Crippen molar-refractivity contribution in [1.82, 2.24) is 4.98 Å². The van der Waals surface area contributed by atoms with Crippen molar-refractivity contribution < 1.29 is 0 Å². The third-order valence-corrected chi connectivity index (χ3v) is 4.01. The second kappa shape index (κ2) is 4.13. The normalized spacial score (nSPS) is 10.9. The lowest BCUT2D eigenvalue weighted by Crippen LogP contribution is -1.80. The van der Waals surface area contributed by atoms with E-state index in [-0.39, 0.29) is 0 Å². The number of thiazole rings is 1. The van der Waals surface area contributed by atoms with Gasteiger partial charge in [-0.15, -0.1) is 11.3 Å². The lowest BCUT2D eigenvalue weighted by Gasteiger charge is -1.99. The minimum atomic E-state index is 0.762. The van der Waals surface area contributed by atoms with Gasteiger partial charge < -0.3 is 0 Å². The smallest absolute Gasteiger partial charge is 0.124 e. The highest BCUT2D eigenvalue weighted by molar-refractivity contribution is 7.21. The van der Waals surface area contributed by atoms with Crippen molar-refractivity contribution in [2.45, 2.75) is 6.92 Å². The predicted molar refractivity (Wildman–Crippen MR) is 74.8 cm³/mol. The number of nitrogens with zero attached hydrogens (tertiary/aromatic N) is 1. The molecule has 1 nitrogen and oxygen atoms in total. The van der Waals surface area contributed by atoms with Crippen LogP contribution in [0.4, 0.5) is 0 Å². The molecule has 0 spiro atoms. The lowest BCUT2D eigenvalue weighted by molar-refractivity contribution is 1.41. The van der Waals surface area contributed by atoms with E-state index in [1.54, 1.807) is 11.3 Å². The van der Waals surface area contributed by atoms with Crippen LogP contribution in [0.25, 0.3) is 20.8 Å². The molecule has 1 heterocycles. The molecule has 0 bridgehead atoms. The van der Waals surface area contributed by atoms with Crippen LogP contribution >= 0.6 is 22.9 Å². The first kappa shape index (κ1) is 10.8. The highest BCUT2D eigenvalue weighted by Gasteiger charge is 2.08. The quantitative estimate of drug-likeness (QED) is 0.604. The Balaban J connectivity index is 2.22. The van der Waals surface area contributed by atoms with E-state index in [0.29, 0.717) is 0 Å². The summed E-state index contributed by atoms with van der Waals surface area (Å²) >= 11 is 7.67. The molecule has 0 unspecified atom stereocenters. The second-order valence-corrected chi connectivity index (χ2v) is 5.41. The number of fused-ring (bicyclic) bond motifs is 1. The number of rotatable bonds is 1. The fraction of sp³-hybridized carbons (Fsp3) is 0.0714. The molecule has 3 aromatic rings. The van der Waals surface area contributed by atoms with Gasteiger partial charge in [-0.3, -0.25) is 0 Å². The third-order valence-electron chi connectivity index (χ3n) is 2.73. The van der Waals surface area contributed by atoms with Gasteiger partial charge in [0.05, 0.1) is 10.2 Å². The zero-order valence-corrected chi connectivity index (χ0v) is 10.8. The van der Waals surface area contributed by atoms with Crippen LogP contribution in [0.1, 0.15) is 5.56 Å². The van der Waals surface area contributed by atoms with Crippen molar-refractivity contribution in [2.24, 2.45) is 0 Å². The summed E-state index contributed by atoms with van der Waals surface area (Å²) in [5.74, 6) is 0. The molecule has 0 fully saturated rings. The van der Waals surface area contributed by atoms with Gasteiger partial charge in [0.1, 0.15) is 5.01 Å². The topological polar surface area (TPSA) is 12.9 Å². The first-order chi connectivity index (χ1) is 8.24. The van der Waals surface area contributed by atoms with Gasteiger partial charge in [0.25, 0.3) is 0 Å². The molecule has 0 radical (unpaired) electrons. The molecule has 0 saturated heterocycles. The number of halogens is 1. The van der Waals surface area contributed by atoms with Crippen molar-refractivity contribution in [1.29, 1.82) is 0 Å². The molecule has 0 amide bonds. The minimum Gasteiger partial charge on any atom is -0.236 e. The van der Waals surface area contributed by atoms with Gasteiger partial charge >= 0.3 is 0 Å². The van der Waals surface area contributed by atoms with Crippen LogP contribution in [0.2, 0.25) is 5.02 Å². The van der Waals surface area contributed by atoms with Crippen LogP contribution in [0.3, 0.4) is 0 Å². The molecule has 17 heavy (non-hydrogen) atoms. The minimum absolute atomic E-state index is 0.762. The number of aryl methyl sites for hydroxylation is 1. The first-order valence-electron chi connectivity index (χ1n) is 5.36. The Labute approximate surface area is 109 Å². The average Bonchev–Trinajstić information content (AvgIpc) is 2.72. The third kappa shape index (κ3) is 1.94. The van der Waals surface area contributed by atoms with Gasteiger partial charge in [0.2, 0.25) is 0 Å². The van der Waals surface area contributed by atoms with Gasteiger partial charge in [0.15, 0.2) is 0 Å². The predicted octanol–water partition coefficient (Wildman–Crippen LogP) is 4.93. The van der Waals surface area contributed by atoms with Gasteiger partial charge in [0, 0.05) is 10.6 Å². The maximum absolute atomic E-state index is 5.98. The zero-order chi connectivity index (χ0) is 11.8. The van der Waals surface area contributed by atoms with E-state index < -0.39 is 0 Å². The Bertz CT molecular complexity index is 688. The standard InChI is InChI=1S/C14H10ClNS/c1-9-4-2-3-5-11(9)14-16-12-7-6-10(15)8-13(12)17-14/h2-8H,1H3. The number of hydrogen-bond acceptors (Lipinski definition) is 2. The first-order valence-corrected chi connectivity index (χ1v) is 6.55. The summed E-state index contributed by atoms with van der Waals surface area (Å²) in [6.07, 6.45) is 0. The Morgan fingerprint density at radius 3 is 2.76 bits per heavy atom. The van der Waals surface area contributed by atoms with E-state index in [0.717, 1.165) is 20.2 Å². The summed E-state index contributed by atoms with van der Waals surface area (Å²) in [5.41, 5.74) is 3.46. The molecule has 0 aliphatic carbocycles. The van der Waals surface area contributed by atoms with Crippen LogP contribution in [-0.2, 0) is 0 Å². The van der Waals surface area contributed by atoms with Gasteiger partial charge in [-0.1, -0.05) is 35.9 Å². The summed E-state index contributed by atoms with van der Waals surface area (Å²) in [5, 5.41) is 1.82. The van der Waals surface area contributed by atoms with E-state index in [9.17, 15) is 0 Å². The van der Waals surface area contributed by atoms with Gasteiger partial charge in [-0.25, -0.2) is 4.98 Å². The second-order valence-electron chi connectivity index (χ2n) is 3.95. The van der Waals surface area contributed by atoms with Crippen LogP contribution in [-0.4, -0.2) is 4.98 Å². The van der Waals surface area contributed by atoms with E-state index >= 15 is 0 Å². The van der Waals surface area contributed by atoms with Crippen molar-refractivity contribution >= 4 is 33.2 Å². The van der Waals surface area contributed by atoms with Crippen LogP contribution in [0, 0.1) is 6.92 Å². The van der Waals surface area contributed by atoms with Crippen molar-refractivity contribution in [3.8, 4) is 10.6 Å². The highest BCUT2D eigenvalue weighted by Crippen LogP contribution is 2.32. The van der Waals surface area contributed by atoms with E-state index in [4.69, 9.17) is 11.6 Å². The fourth-order valence-corrected chi connectivity index (χ4v) is 3.16. The Morgan fingerprint density at radius 2 is 1.94 bits per heavy atom. The Kier molecular flexibility index (Phi) is 2.61. The van der Waals surface area contributed by atoms with Crippen LogP contribution < -0.4 is 0 Å². The number of hydrogen-bond donors (Lipinski definition) is 0. The monoisotopic (exact) mass is 259 g/mol. The molecule has 0 saturated carbocycles. The van der Waals surface area contributed by atoms with E-state index in [1.165, 1.54) is 11.1 Å². The summed E-state index contributed by atoms with van der Waals surface area (Å²) < 4.78 is 1.13. The summed E-state index contributed by atoms with van der Waals surface area (Å²) in [6.45, 7) is 2.11. The van der Waals surface area contributed by atoms with Gasteiger partial charge in [-0.05, 0) is 30.7 Å². The molecule has 0 aliphatic heterocycles. The Morgan fingerprint density at radius 1 is 1.12 bits per heavy atom. The van der Waals surface area contributed by atoms with Crippen LogP contribution in [0.5, 0.6) is 0 Å². The maximum atomic E-state index is 5.98. The largest absolute Gasteiger partial charge is 0.236 e. The molecule has 3 heteroatoms. The molecule has 2 aromatic carbocycles. The number of aromatic nitrogens is 1. The number of benzene rings is 2. The van der Waals surface area contributed by atoms with E-state index in [2.05, 4.69) is 24.0 Å². The fourth-order valence-electron chi connectivity index (χ4n) is 1.83. The molecule has 0 atom stereocenters.